The van der Waals surface area contributed by atoms with Crippen LogP contribution in [0.15, 0.2) is 42.5 Å². The number of hydrogen-bond donors (Lipinski definition) is 1. The number of carbonyl (C=O) groups excluding carboxylic acids is 1. The highest BCUT2D eigenvalue weighted by molar-refractivity contribution is 6.04. The Bertz CT molecular complexity index is 610. The third kappa shape index (κ3) is 2.15. The second-order valence-corrected chi connectivity index (χ2v) is 5.42. The number of piperazine rings is 1. The summed E-state index contributed by atoms with van der Waals surface area (Å²) >= 11 is 0. The van der Waals surface area contributed by atoms with Crippen LogP contribution in [-0.4, -0.2) is 43.6 Å². The van der Waals surface area contributed by atoms with Crippen molar-refractivity contribution in [1.82, 2.24) is 5.32 Å². The maximum absolute atomic E-state index is 12.9. The fraction of sp³-hybridized carbons (Fsp3) is 0.312. The van der Waals surface area contributed by atoms with Crippen molar-refractivity contribution in [2.45, 2.75) is 0 Å². The Hall–Kier alpha value is -1.71. The van der Waals surface area contributed by atoms with Crippen LogP contribution in [-0.2, 0) is 0 Å². The summed E-state index contributed by atoms with van der Waals surface area (Å²) in [6.45, 7) is 3.55. The molecule has 1 amide bonds. The van der Waals surface area contributed by atoms with Gasteiger partial charge in [0.15, 0.2) is 0 Å². The first-order valence-corrected chi connectivity index (χ1v) is 6.79. The van der Waals surface area contributed by atoms with Gasteiger partial charge in [-0.3, -0.25) is 4.48 Å². The molecule has 0 radical (unpaired) electrons. The lowest BCUT2D eigenvalue weighted by Gasteiger charge is -2.35. The molecule has 98 valence electrons. The molecule has 0 atom stereocenters. The summed E-state index contributed by atoms with van der Waals surface area (Å²) < 4.78 is 0.501. The molecule has 0 aromatic heterocycles. The van der Waals surface area contributed by atoms with Gasteiger partial charge in [-0.1, -0.05) is 36.4 Å². The molecule has 0 unspecified atom stereocenters. The Morgan fingerprint density at radius 2 is 1.74 bits per heavy atom. The molecule has 3 heteroatoms. The Morgan fingerprint density at radius 3 is 2.53 bits per heavy atom. The number of benzene rings is 2. The van der Waals surface area contributed by atoms with Gasteiger partial charge in [0.25, 0.3) is 0 Å². The van der Waals surface area contributed by atoms with E-state index in [1.165, 1.54) is 0 Å². The molecule has 1 N–H and O–H groups in total. The molecule has 3 nitrogen and oxygen atoms in total. The van der Waals surface area contributed by atoms with Gasteiger partial charge in [0.1, 0.15) is 0 Å². The van der Waals surface area contributed by atoms with Gasteiger partial charge in [-0.05, 0) is 16.8 Å². The highest BCUT2D eigenvalue weighted by Crippen LogP contribution is 2.22. The maximum atomic E-state index is 12.9. The molecule has 2 aromatic rings. The number of nitrogens with zero attached hydrogens (tertiary/aromatic N) is 1. The Labute approximate surface area is 113 Å². The molecule has 19 heavy (non-hydrogen) atoms. The summed E-state index contributed by atoms with van der Waals surface area (Å²) in [5, 5.41) is 5.51. The second kappa shape index (κ2) is 4.76. The van der Waals surface area contributed by atoms with Crippen molar-refractivity contribution in [2.24, 2.45) is 0 Å². The fourth-order valence-corrected chi connectivity index (χ4v) is 2.79. The predicted octanol–water partition coefficient (Wildman–Crippen LogP) is 2.03. The summed E-state index contributed by atoms with van der Waals surface area (Å²) in [5.74, 6) is 0.235. The minimum Gasteiger partial charge on any atom is -0.306 e. The van der Waals surface area contributed by atoms with E-state index in [1.807, 2.05) is 37.4 Å². The molecule has 0 aliphatic carbocycles. The molecule has 1 saturated heterocycles. The third-order valence-corrected chi connectivity index (χ3v) is 4.07. The number of rotatable bonds is 1. The third-order valence-electron chi connectivity index (χ3n) is 4.07. The number of nitrogens with one attached hydrogen (secondary N) is 1. The van der Waals surface area contributed by atoms with Gasteiger partial charge in [0.05, 0.1) is 25.7 Å². The molecule has 1 aliphatic rings. The van der Waals surface area contributed by atoms with Crippen LogP contribution in [0.4, 0.5) is 0 Å². The van der Waals surface area contributed by atoms with Gasteiger partial charge in [-0.2, -0.15) is 0 Å². The van der Waals surface area contributed by atoms with Crippen molar-refractivity contribution in [1.29, 1.82) is 0 Å². The van der Waals surface area contributed by atoms with Crippen LogP contribution in [0.1, 0.15) is 10.4 Å². The molecule has 2 aromatic carbocycles. The average molecular weight is 255 g/mol. The Kier molecular flexibility index (Phi) is 3.09. The number of hydrogen-bond acceptors (Lipinski definition) is 2. The van der Waals surface area contributed by atoms with Crippen molar-refractivity contribution < 1.29 is 9.28 Å². The van der Waals surface area contributed by atoms with Gasteiger partial charge >= 0.3 is 5.91 Å². The van der Waals surface area contributed by atoms with Gasteiger partial charge < -0.3 is 5.32 Å². The van der Waals surface area contributed by atoms with Crippen LogP contribution in [0.25, 0.3) is 10.8 Å². The molecule has 1 aliphatic heterocycles. The van der Waals surface area contributed by atoms with Crippen molar-refractivity contribution in [3.05, 3.63) is 48.0 Å². The van der Waals surface area contributed by atoms with Crippen LogP contribution in [0.2, 0.25) is 0 Å². The first-order chi connectivity index (χ1) is 9.21. The normalized spacial score (nSPS) is 18.4. The fourth-order valence-electron chi connectivity index (χ4n) is 2.79. The zero-order chi connectivity index (χ0) is 13.3. The van der Waals surface area contributed by atoms with E-state index in [0.717, 1.165) is 42.5 Å². The number of carbonyl (C=O) groups is 1. The second-order valence-electron chi connectivity index (χ2n) is 5.42. The van der Waals surface area contributed by atoms with Gasteiger partial charge in [-0.15, -0.1) is 0 Å². The minimum atomic E-state index is 0.235. The van der Waals surface area contributed by atoms with E-state index < -0.39 is 0 Å². The van der Waals surface area contributed by atoms with Crippen LogP contribution < -0.4 is 5.32 Å². The van der Waals surface area contributed by atoms with Gasteiger partial charge in [0.2, 0.25) is 0 Å². The lowest BCUT2D eigenvalue weighted by atomic mass is 10.0. The van der Waals surface area contributed by atoms with Crippen LogP contribution >= 0.6 is 0 Å². The number of amides is 1. The van der Waals surface area contributed by atoms with E-state index in [4.69, 9.17) is 0 Å². The summed E-state index contributed by atoms with van der Waals surface area (Å²) in [5.41, 5.74) is 0.850. The predicted molar refractivity (Wildman–Crippen MR) is 77.1 cm³/mol. The minimum absolute atomic E-state index is 0.235. The van der Waals surface area contributed by atoms with E-state index in [1.54, 1.807) is 0 Å². The zero-order valence-corrected chi connectivity index (χ0v) is 11.2. The van der Waals surface area contributed by atoms with Crippen molar-refractivity contribution in [3.63, 3.8) is 0 Å². The Balaban J connectivity index is 2.06. The van der Waals surface area contributed by atoms with E-state index in [0.29, 0.717) is 4.48 Å². The van der Waals surface area contributed by atoms with Crippen LogP contribution in [0.5, 0.6) is 0 Å². The molecular weight excluding hydrogens is 236 g/mol. The SMILES string of the molecule is C[N+]1(C(=O)c2cccc3ccccc23)CCNCC1. The molecular formula is C16H19N2O+. The molecule has 0 spiro atoms. The first-order valence-electron chi connectivity index (χ1n) is 6.79. The summed E-state index contributed by atoms with van der Waals surface area (Å²) in [6.07, 6.45) is 0. The average Bonchev–Trinajstić information content (AvgIpc) is 2.47. The topological polar surface area (TPSA) is 29.1 Å². The number of likely N-dealkylation sites (N-methyl/N-ethyl adjacent to an activating group) is 1. The van der Waals surface area contributed by atoms with Gasteiger partial charge in [-0.25, -0.2) is 4.79 Å². The van der Waals surface area contributed by atoms with E-state index in [-0.39, 0.29) is 5.91 Å². The summed E-state index contributed by atoms with van der Waals surface area (Å²) in [4.78, 5) is 12.9. The van der Waals surface area contributed by atoms with Crippen molar-refractivity contribution in [2.75, 3.05) is 33.2 Å². The summed E-state index contributed by atoms with van der Waals surface area (Å²) in [6, 6.07) is 14.1. The van der Waals surface area contributed by atoms with Crippen molar-refractivity contribution >= 4 is 16.7 Å². The van der Waals surface area contributed by atoms with Crippen LogP contribution in [0, 0.1) is 0 Å². The molecule has 3 rings (SSSR count). The molecule has 0 bridgehead atoms. The van der Waals surface area contributed by atoms with Crippen molar-refractivity contribution in [3.8, 4) is 0 Å². The number of fused-ring (bicyclic) bond motifs is 1. The van der Waals surface area contributed by atoms with Gasteiger partial charge in [0, 0.05) is 13.1 Å². The summed E-state index contributed by atoms with van der Waals surface area (Å²) in [7, 11) is 2.05. The Morgan fingerprint density at radius 1 is 1.05 bits per heavy atom. The lowest BCUT2D eigenvalue weighted by molar-refractivity contribution is -0.830. The highest BCUT2D eigenvalue weighted by atomic mass is 16.2. The van der Waals surface area contributed by atoms with Crippen LogP contribution in [0.3, 0.4) is 0 Å². The first kappa shape index (κ1) is 12.3. The van der Waals surface area contributed by atoms with E-state index in [2.05, 4.69) is 17.4 Å². The molecule has 1 fully saturated rings. The molecule has 0 saturated carbocycles. The zero-order valence-electron chi connectivity index (χ0n) is 11.2. The van der Waals surface area contributed by atoms with E-state index >= 15 is 0 Å². The van der Waals surface area contributed by atoms with E-state index in [9.17, 15) is 4.79 Å². The monoisotopic (exact) mass is 255 g/mol. The largest absolute Gasteiger partial charge is 0.346 e. The maximum Gasteiger partial charge on any atom is 0.346 e. The highest BCUT2D eigenvalue weighted by Gasteiger charge is 2.35. The molecule has 1 heterocycles. The quantitative estimate of drug-likeness (QED) is 0.790. The smallest absolute Gasteiger partial charge is 0.306 e. The standard InChI is InChI=1S/C16H19N2O/c1-18(11-9-17-10-12-18)16(19)15-8-4-6-13-5-2-3-7-14(13)15/h2-8,17H,9-12H2,1H3/q+1. The lowest BCUT2D eigenvalue weighted by Crippen LogP contribution is -2.59. The number of quaternary nitrogens is 1.